The van der Waals surface area contributed by atoms with Gasteiger partial charge >= 0.3 is 6.18 Å². The van der Waals surface area contributed by atoms with Gasteiger partial charge in [-0.05, 0) is 48.3 Å². The van der Waals surface area contributed by atoms with Crippen molar-refractivity contribution >= 4 is 5.69 Å². The van der Waals surface area contributed by atoms with Crippen LogP contribution in [0, 0.1) is 10.8 Å². The van der Waals surface area contributed by atoms with Gasteiger partial charge in [0.2, 0.25) is 0 Å². The van der Waals surface area contributed by atoms with E-state index < -0.39 is 11.7 Å². The van der Waals surface area contributed by atoms with E-state index in [1.807, 2.05) is 0 Å². The van der Waals surface area contributed by atoms with E-state index in [0.29, 0.717) is 5.69 Å². The van der Waals surface area contributed by atoms with Crippen LogP contribution in [0.25, 0.3) is 0 Å². The van der Waals surface area contributed by atoms with Crippen molar-refractivity contribution in [1.29, 1.82) is 0 Å². The second-order valence-corrected chi connectivity index (χ2v) is 7.83. The van der Waals surface area contributed by atoms with Gasteiger partial charge in [0.25, 0.3) is 0 Å². The quantitative estimate of drug-likeness (QED) is 0.736. The average molecular weight is 299 g/mol. The van der Waals surface area contributed by atoms with Gasteiger partial charge in [0.05, 0.1) is 5.56 Å². The minimum absolute atomic E-state index is 0.209. The molecule has 0 radical (unpaired) electrons. The molecule has 118 valence electrons. The van der Waals surface area contributed by atoms with Crippen molar-refractivity contribution in [3.05, 3.63) is 29.8 Å². The lowest BCUT2D eigenvalue weighted by molar-refractivity contribution is -0.137. The third-order valence-corrected chi connectivity index (χ3v) is 4.12. The number of halogens is 3. The highest BCUT2D eigenvalue weighted by Crippen LogP contribution is 2.46. The summed E-state index contributed by atoms with van der Waals surface area (Å²) in [6.45, 7) is 8.92. The number of rotatable bonds is 2. The van der Waals surface area contributed by atoms with Gasteiger partial charge in [0.15, 0.2) is 0 Å². The molecule has 4 heteroatoms. The van der Waals surface area contributed by atoms with Crippen LogP contribution in [0.3, 0.4) is 0 Å². The highest BCUT2D eigenvalue weighted by atomic mass is 19.4. The SMILES string of the molecule is CC1(C)CC(Nc2cccc(C(F)(F)F)c2)CC(C)(C)C1. The second kappa shape index (κ2) is 5.22. The third kappa shape index (κ3) is 4.39. The molecule has 2 rings (SSSR count). The average Bonchev–Trinajstić information content (AvgIpc) is 2.23. The lowest BCUT2D eigenvalue weighted by Crippen LogP contribution is -2.40. The fraction of sp³-hybridized carbons (Fsp3) is 0.647. The number of hydrogen-bond acceptors (Lipinski definition) is 1. The van der Waals surface area contributed by atoms with Crippen molar-refractivity contribution in [2.24, 2.45) is 10.8 Å². The molecule has 1 nitrogen and oxygen atoms in total. The topological polar surface area (TPSA) is 12.0 Å². The Bertz CT molecular complexity index is 487. The summed E-state index contributed by atoms with van der Waals surface area (Å²) in [7, 11) is 0. The van der Waals surface area contributed by atoms with Crippen LogP contribution in [0.5, 0.6) is 0 Å². The zero-order chi connectivity index (χ0) is 15.9. The van der Waals surface area contributed by atoms with E-state index in [-0.39, 0.29) is 16.9 Å². The molecule has 0 amide bonds. The molecule has 0 aliphatic heterocycles. The Morgan fingerprint density at radius 2 is 1.62 bits per heavy atom. The summed E-state index contributed by atoms with van der Waals surface area (Å²) >= 11 is 0. The Labute approximate surface area is 124 Å². The van der Waals surface area contributed by atoms with Gasteiger partial charge in [-0.1, -0.05) is 33.8 Å². The molecule has 0 saturated heterocycles. The number of hydrogen-bond donors (Lipinski definition) is 1. The maximum absolute atomic E-state index is 12.8. The molecule has 0 atom stereocenters. The zero-order valence-electron chi connectivity index (χ0n) is 13.1. The first-order chi connectivity index (χ1) is 9.47. The molecule has 1 saturated carbocycles. The van der Waals surface area contributed by atoms with Crippen LogP contribution in [0.2, 0.25) is 0 Å². The molecule has 1 aromatic carbocycles. The van der Waals surface area contributed by atoms with E-state index in [9.17, 15) is 13.2 Å². The molecule has 0 aromatic heterocycles. The van der Waals surface area contributed by atoms with Gasteiger partial charge in [0.1, 0.15) is 0 Å². The highest BCUT2D eigenvalue weighted by Gasteiger charge is 2.38. The van der Waals surface area contributed by atoms with Crippen LogP contribution in [-0.4, -0.2) is 6.04 Å². The summed E-state index contributed by atoms with van der Waals surface area (Å²) in [5.41, 5.74) is 0.382. The Morgan fingerprint density at radius 1 is 1.05 bits per heavy atom. The first kappa shape index (κ1) is 16.2. The predicted octanol–water partition coefficient (Wildman–Crippen LogP) is 5.72. The molecule has 0 heterocycles. The summed E-state index contributed by atoms with van der Waals surface area (Å²) in [5.74, 6) is 0. The number of nitrogens with one attached hydrogen (secondary N) is 1. The van der Waals surface area contributed by atoms with Crippen molar-refractivity contribution in [2.75, 3.05) is 5.32 Å². The molecule has 21 heavy (non-hydrogen) atoms. The van der Waals surface area contributed by atoms with Crippen molar-refractivity contribution in [1.82, 2.24) is 0 Å². The monoisotopic (exact) mass is 299 g/mol. The van der Waals surface area contributed by atoms with Crippen molar-refractivity contribution in [3.8, 4) is 0 Å². The molecule has 0 unspecified atom stereocenters. The fourth-order valence-corrected chi connectivity index (χ4v) is 3.97. The molecule has 1 aliphatic carbocycles. The van der Waals surface area contributed by atoms with E-state index in [1.54, 1.807) is 6.07 Å². The lowest BCUT2D eigenvalue weighted by atomic mass is 9.63. The minimum Gasteiger partial charge on any atom is -0.382 e. The number of anilines is 1. The van der Waals surface area contributed by atoms with Gasteiger partial charge in [-0.2, -0.15) is 13.2 Å². The van der Waals surface area contributed by atoms with Crippen LogP contribution >= 0.6 is 0 Å². The maximum Gasteiger partial charge on any atom is 0.416 e. The van der Waals surface area contributed by atoms with Crippen molar-refractivity contribution in [2.45, 2.75) is 59.2 Å². The van der Waals surface area contributed by atoms with E-state index in [4.69, 9.17) is 0 Å². The van der Waals surface area contributed by atoms with Crippen LogP contribution in [-0.2, 0) is 6.18 Å². The summed E-state index contributed by atoms with van der Waals surface area (Å²) < 4.78 is 38.3. The Balaban J connectivity index is 2.15. The van der Waals surface area contributed by atoms with Crippen LogP contribution in [0.4, 0.5) is 18.9 Å². The Kier molecular flexibility index (Phi) is 4.02. The van der Waals surface area contributed by atoms with E-state index in [1.165, 1.54) is 12.1 Å². The van der Waals surface area contributed by atoms with Gasteiger partial charge in [0, 0.05) is 11.7 Å². The van der Waals surface area contributed by atoms with Crippen LogP contribution in [0.1, 0.15) is 52.5 Å². The van der Waals surface area contributed by atoms with E-state index >= 15 is 0 Å². The predicted molar refractivity (Wildman–Crippen MR) is 80.3 cm³/mol. The number of alkyl halides is 3. The second-order valence-electron chi connectivity index (χ2n) is 7.83. The molecule has 0 bridgehead atoms. The van der Waals surface area contributed by atoms with Crippen LogP contribution in [0.15, 0.2) is 24.3 Å². The number of benzene rings is 1. The van der Waals surface area contributed by atoms with Crippen LogP contribution < -0.4 is 5.32 Å². The summed E-state index contributed by atoms with van der Waals surface area (Å²) in [4.78, 5) is 0. The molecule has 1 aromatic rings. The highest BCUT2D eigenvalue weighted by molar-refractivity contribution is 5.47. The van der Waals surface area contributed by atoms with Gasteiger partial charge in [-0.3, -0.25) is 0 Å². The summed E-state index contributed by atoms with van der Waals surface area (Å²) in [6.07, 6.45) is -1.19. The fourth-order valence-electron chi connectivity index (χ4n) is 3.97. The Hall–Kier alpha value is -1.19. The molecule has 1 fully saturated rings. The Morgan fingerprint density at radius 3 is 2.14 bits per heavy atom. The van der Waals surface area contributed by atoms with E-state index in [2.05, 4.69) is 33.0 Å². The summed E-state index contributed by atoms with van der Waals surface area (Å²) in [5, 5.41) is 3.30. The standard InChI is InChI=1S/C17H24F3N/c1-15(2)9-14(10-16(3,4)11-15)21-13-7-5-6-12(8-13)17(18,19)20/h5-8,14,21H,9-11H2,1-4H3. The maximum atomic E-state index is 12.8. The first-order valence-electron chi connectivity index (χ1n) is 7.41. The normalized spacial score (nSPS) is 22.0. The van der Waals surface area contributed by atoms with Crippen molar-refractivity contribution in [3.63, 3.8) is 0 Å². The summed E-state index contributed by atoms with van der Waals surface area (Å²) in [6, 6.07) is 5.70. The molecule has 1 aliphatic rings. The minimum atomic E-state index is -4.29. The van der Waals surface area contributed by atoms with Gasteiger partial charge in [-0.25, -0.2) is 0 Å². The third-order valence-electron chi connectivity index (χ3n) is 4.12. The molecule has 1 N–H and O–H groups in total. The smallest absolute Gasteiger partial charge is 0.382 e. The molecular formula is C17H24F3N. The molecule has 0 spiro atoms. The van der Waals surface area contributed by atoms with Gasteiger partial charge < -0.3 is 5.32 Å². The van der Waals surface area contributed by atoms with E-state index in [0.717, 1.165) is 25.3 Å². The van der Waals surface area contributed by atoms with Gasteiger partial charge in [-0.15, -0.1) is 0 Å². The zero-order valence-corrected chi connectivity index (χ0v) is 13.1. The molecular weight excluding hydrogens is 275 g/mol. The first-order valence-corrected chi connectivity index (χ1v) is 7.41. The lowest BCUT2D eigenvalue weighted by Gasteiger charge is -2.45. The largest absolute Gasteiger partial charge is 0.416 e. The van der Waals surface area contributed by atoms with Crippen molar-refractivity contribution < 1.29 is 13.2 Å².